The predicted octanol–water partition coefficient (Wildman–Crippen LogP) is 0.574. The van der Waals surface area contributed by atoms with E-state index in [1.807, 2.05) is 0 Å². The Kier molecular flexibility index (Phi) is 7.63. The van der Waals surface area contributed by atoms with Crippen LogP contribution in [-0.2, 0) is 19.6 Å². The lowest BCUT2D eigenvalue weighted by atomic mass is 10.2. The summed E-state index contributed by atoms with van der Waals surface area (Å²) in [6, 6.07) is 12.6. The van der Waals surface area contributed by atoms with E-state index in [0.29, 0.717) is 41.5 Å². The van der Waals surface area contributed by atoms with Gasteiger partial charge in [-0.2, -0.15) is 0 Å². The summed E-state index contributed by atoms with van der Waals surface area (Å²) in [5.41, 5.74) is 0.621. The highest BCUT2D eigenvalue weighted by Crippen LogP contribution is 2.22. The number of ether oxygens (including phenoxy) is 1. The van der Waals surface area contributed by atoms with Crippen molar-refractivity contribution < 1.29 is 17.9 Å². The molecular weight excluding hydrogens is 478 g/mol. The Balaban J connectivity index is 1.54. The van der Waals surface area contributed by atoms with Crippen molar-refractivity contribution in [2.45, 2.75) is 10.1 Å². The highest BCUT2D eigenvalue weighted by Gasteiger charge is 2.16. The van der Waals surface area contributed by atoms with E-state index in [1.165, 1.54) is 28.8 Å². The van der Waals surface area contributed by atoms with Gasteiger partial charge in [0.05, 0.1) is 40.5 Å². The maximum absolute atomic E-state index is 13.3. The van der Waals surface area contributed by atoms with E-state index in [4.69, 9.17) is 9.88 Å². The molecule has 0 spiro atoms. The maximum atomic E-state index is 13.3. The predicted molar refractivity (Wildman–Crippen MR) is 130 cm³/mol. The second-order valence-corrected chi connectivity index (χ2v) is 10.2. The summed E-state index contributed by atoms with van der Waals surface area (Å²) in [5, 5.41) is 8.82. The number of thioether (sulfide) groups is 1. The molecule has 1 saturated heterocycles. The Hall–Kier alpha value is -2.77. The zero-order chi connectivity index (χ0) is 24.1. The molecule has 10 nitrogen and oxygen atoms in total. The normalized spacial score (nSPS) is 14.9. The summed E-state index contributed by atoms with van der Waals surface area (Å²) in [4.78, 5) is 32.5. The van der Waals surface area contributed by atoms with E-state index in [-0.39, 0.29) is 22.1 Å². The number of fused-ring (bicyclic) bond motifs is 1. The van der Waals surface area contributed by atoms with E-state index >= 15 is 0 Å². The van der Waals surface area contributed by atoms with Crippen molar-refractivity contribution >= 4 is 38.6 Å². The smallest absolute Gasteiger partial charge is 0.266 e. The summed E-state index contributed by atoms with van der Waals surface area (Å²) >= 11 is 1.14. The number of rotatable bonds is 8. The number of para-hydroxylation sites is 1. The molecular formula is C22H25N5O5S2. The Labute approximate surface area is 201 Å². The molecule has 0 unspecified atom stereocenters. The number of benzene rings is 2. The fourth-order valence-electron chi connectivity index (χ4n) is 3.58. The molecule has 34 heavy (non-hydrogen) atoms. The Morgan fingerprint density at radius 3 is 2.53 bits per heavy atom. The van der Waals surface area contributed by atoms with Crippen molar-refractivity contribution in [1.82, 2.24) is 19.8 Å². The van der Waals surface area contributed by atoms with Crippen LogP contribution in [-0.4, -0.2) is 73.9 Å². The van der Waals surface area contributed by atoms with Gasteiger partial charge in [-0.1, -0.05) is 23.9 Å². The number of nitrogens with one attached hydrogen (secondary N) is 1. The van der Waals surface area contributed by atoms with Crippen LogP contribution in [0.3, 0.4) is 0 Å². The van der Waals surface area contributed by atoms with E-state index in [9.17, 15) is 18.0 Å². The largest absolute Gasteiger partial charge is 0.379 e. The van der Waals surface area contributed by atoms with E-state index in [0.717, 1.165) is 31.4 Å². The lowest BCUT2D eigenvalue weighted by Gasteiger charge is -2.26. The molecule has 0 aliphatic carbocycles. The summed E-state index contributed by atoms with van der Waals surface area (Å²) < 4.78 is 29.9. The first-order chi connectivity index (χ1) is 16.3. The van der Waals surface area contributed by atoms with Crippen LogP contribution in [0.2, 0.25) is 0 Å². The molecule has 2 aromatic carbocycles. The number of nitrogens with two attached hydrogens (primary N) is 1. The lowest BCUT2D eigenvalue weighted by Crippen LogP contribution is -2.41. The van der Waals surface area contributed by atoms with Crippen molar-refractivity contribution in [3.05, 3.63) is 58.9 Å². The standard InChI is InChI=1S/C22H25N5O5S2/c23-34(30,31)17-7-5-16(6-8-17)27-21(29)18-3-1-2-4-19(18)25-22(27)33-15-20(28)24-9-10-26-11-13-32-14-12-26/h1-8H,9-15H2,(H,24,28)(H2,23,30,31). The number of hydrogen-bond acceptors (Lipinski definition) is 8. The molecule has 3 aromatic rings. The third-order valence-corrected chi connectivity index (χ3v) is 7.22. The second kappa shape index (κ2) is 10.7. The summed E-state index contributed by atoms with van der Waals surface area (Å²) in [5.74, 6) is -0.0971. The average Bonchev–Trinajstić information content (AvgIpc) is 2.83. The first-order valence-corrected chi connectivity index (χ1v) is 13.2. The van der Waals surface area contributed by atoms with Crippen molar-refractivity contribution in [1.29, 1.82) is 0 Å². The van der Waals surface area contributed by atoms with E-state index < -0.39 is 10.0 Å². The van der Waals surface area contributed by atoms with Gasteiger partial charge >= 0.3 is 0 Å². The van der Waals surface area contributed by atoms with Crippen LogP contribution in [0.4, 0.5) is 0 Å². The summed E-state index contributed by atoms with van der Waals surface area (Å²) in [7, 11) is -3.87. The maximum Gasteiger partial charge on any atom is 0.266 e. The van der Waals surface area contributed by atoms with Crippen molar-refractivity contribution in [3.63, 3.8) is 0 Å². The molecule has 0 bridgehead atoms. The highest BCUT2D eigenvalue weighted by molar-refractivity contribution is 7.99. The molecule has 1 aliphatic rings. The fraction of sp³-hybridized carbons (Fsp3) is 0.318. The van der Waals surface area contributed by atoms with Crippen LogP contribution in [0.25, 0.3) is 16.6 Å². The number of aromatic nitrogens is 2. The van der Waals surface area contributed by atoms with Gasteiger partial charge in [-0.15, -0.1) is 0 Å². The number of amides is 1. The Bertz CT molecular complexity index is 1340. The molecule has 0 atom stereocenters. The van der Waals surface area contributed by atoms with Gasteiger partial charge in [0.25, 0.3) is 5.56 Å². The first kappa shape index (κ1) is 24.4. The minimum atomic E-state index is -3.87. The van der Waals surface area contributed by atoms with Crippen molar-refractivity contribution in [2.75, 3.05) is 45.1 Å². The van der Waals surface area contributed by atoms with Crippen LogP contribution in [0.1, 0.15) is 0 Å². The molecule has 1 aromatic heterocycles. The highest BCUT2D eigenvalue weighted by atomic mass is 32.2. The minimum Gasteiger partial charge on any atom is -0.379 e. The zero-order valence-electron chi connectivity index (χ0n) is 18.3. The number of morpholine rings is 1. The number of carbonyl (C=O) groups excluding carboxylic acids is 1. The number of sulfonamides is 1. The number of carbonyl (C=O) groups is 1. The number of nitrogens with zero attached hydrogens (tertiary/aromatic N) is 3. The van der Waals surface area contributed by atoms with Gasteiger partial charge in [0.1, 0.15) is 0 Å². The van der Waals surface area contributed by atoms with Crippen LogP contribution in [0.5, 0.6) is 0 Å². The van der Waals surface area contributed by atoms with Gasteiger partial charge in [-0.25, -0.2) is 18.5 Å². The molecule has 180 valence electrons. The van der Waals surface area contributed by atoms with Gasteiger partial charge < -0.3 is 10.1 Å². The zero-order valence-corrected chi connectivity index (χ0v) is 20.0. The monoisotopic (exact) mass is 503 g/mol. The Morgan fingerprint density at radius 2 is 1.82 bits per heavy atom. The molecule has 1 fully saturated rings. The van der Waals surface area contributed by atoms with E-state index in [1.54, 1.807) is 24.3 Å². The van der Waals surface area contributed by atoms with Gasteiger partial charge in [-0.3, -0.25) is 19.1 Å². The third-order valence-electron chi connectivity index (χ3n) is 5.35. The van der Waals surface area contributed by atoms with E-state index in [2.05, 4.69) is 15.2 Å². The quantitative estimate of drug-likeness (QED) is 0.336. The second-order valence-electron chi connectivity index (χ2n) is 7.68. The molecule has 4 rings (SSSR count). The molecule has 2 heterocycles. The van der Waals surface area contributed by atoms with Gasteiger partial charge in [0, 0.05) is 26.2 Å². The summed E-state index contributed by atoms with van der Waals surface area (Å²) in [6.07, 6.45) is 0. The van der Waals surface area contributed by atoms with Crippen LogP contribution >= 0.6 is 11.8 Å². The van der Waals surface area contributed by atoms with Crippen molar-refractivity contribution in [2.24, 2.45) is 5.14 Å². The van der Waals surface area contributed by atoms with Gasteiger partial charge in [0.2, 0.25) is 15.9 Å². The average molecular weight is 504 g/mol. The lowest BCUT2D eigenvalue weighted by molar-refractivity contribution is -0.118. The number of hydrogen-bond donors (Lipinski definition) is 2. The van der Waals surface area contributed by atoms with Crippen LogP contribution < -0.4 is 16.0 Å². The first-order valence-electron chi connectivity index (χ1n) is 10.7. The topological polar surface area (TPSA) is 137 Å². The Morgan fingerprint density at radius 1 is 1.12 bits per heavy atom. The van der Waals surface area contributed by atoms with Gasteiger partial charge in [0.15, 0.2) is 5.16 Å². The molecule has 1 aliphatic heterocycles. The van der Waals surface area contributed by atoms with Crippen LogP contribution in [0.15, 0.2) is 63.4 Å². The molecule has 12 heteroatoms. The fourth-order valence-corrected chi connectivity index (χ4v) is 4.94. The van der Waals surface area contributed by atoms with Gasteiger partial charge in [-0.05, 0) is 36.4 Å². The minimum absolute atomic E-state index is 0.0631. The molecule has 3 N–H and O–H groups in total. The third kappa shape index (κ3) is 5.83. The molecule has 1 amide bonds. The van der Waals surface area contributed by atoms with Crippen LogP contribution in [0, 0.1) is 0 Å². The molecule has 0 saturated carbocycles. The summed E-state index contributed by atoms with van der Waals surface area (Å²) in [6.45, 7) is 4.37. The van der Waals surface area contributed by atoms with Crippen molar-refractivity contribution in [3.8, 4) is 5.69 Å². The number of primary sulfonamides is 1. The SMILES string of the molecule is NS(=O)(=O)c1ccc(-n2c(SCC(=O)NCCN3CCOCC3)nc3ccccc3c2=O)cc1. The molecule has 0 radical (unpaired) electrons.